The van der Waals surface area contributed by atoms with Gasteiger partial charge in [0.15, 0.2) is 0 Å². The van der Waals surface area contributed by atoms with Crippen LogP contribution in [0, 0.1) is 0 Å². The van der Waals surface area contributed by atoms with Gasteiger partial charge >= 0.3 is 5.97 Å². The molecule has 0 saturated carbocycles. The molecule has 0 amide bonds. The van der Waals surface area contributed by atoms with Crippen molar-refractivity contribution in [2.75, 3.05) is 13.6 Å². The Bertz CT molecular complexity index is 399. The van der Waals surface area contributed by atoms with Gasteiger partial charge in [-0.3, -0.25) is 0 Å². The van der Waals surface area contributed by atoms with Crippen LogP contribution in [0.25, 0.3) is 6.08 Å². The van der Waals surface area contributed by atoms with E-state index in [4.69, 9.17) is 5.11 Å². The van der Waals surface area contributed by atoms with E-state index in [2.05, 4.69) is 18.9 Å². The molecule has 0 aromatic heterocycles. The molecule has 0 heterocycles. The summed E-state index contributed by atoms with van der Waals surface area (Å²) in [5.74, 6) is -0.915. The molecule has 1 aromatic rings. The van der Waals surface area contributed by atoms with Gasteiger partial charge in [-0.15, -0.1) is 0 Å². The molecular formula is C14H19NO2. The van der Waals surface area contributed by atoms with Gasteiger partial charge in [0.1, 0.15) is 0 Å². The number of hydrogen-bond donors (Lipinski definition) is 1. The highest BCUT2D eigenvalue weighted by molar-refractivity contribution is 5.85. The summed E-state index contributed by atoms with van der Waals surface area (Å²) in [7, 11) is 2.07. The SMILES string of the molecule is CCCN(C)Cc1ccccc1/C=C/C(=O)O. The molecule has 1 aromatic carbocycles. The Hall–Kier alpha value is -1.61. The zero-order valence-electron chi connectivity index (χ0n) is 10.4. The molecular weight excluding hydrogens is 214 g/mol. The molecule has 0 saturated heterocycles. The highest BCUT2D eigenvalue weighted by atomic mass is 16.4. The summed E-state index contributed by atoms with van der Waals surface area (Å²) in [4.78, 5) is 12.7. The topological polar surface area (TPSA) is 40.5 Å². The van der Waals surface area contributed by atoms with Crippen LogP contribution in [0.15, 0.2) is 30.3 Å². The Morgan fingerprint density at radius 1 is 1.41 bits per heavy atom. The van der Waals surface area contributed by atoms with Crippen LogP contribution < -0.4 is 0 Å². The first-order valence-electron chi connectivity index (χ1n) is 5.81. The van der Waals surface area contributed by atoms with Crippen LogP contribution in [0.3, 0.4) is 0 Å². The third kappa shape index (κ3) is 4.83. The van der Waals surface area contributed by atoms with Gasteiger partial charge in [-0.2, -0.15) is 0 Å². The van der Waals surface area contributed by atoms with Gasteiger partial charge in [-0.25, -0.2) is 4.79 Å². The number of carboxylic acid groups (broad SMARTS) is 1. The minimum Gasteiger partial charge on any atom is -0.478 e. The van der Waals surface area contributed by atoms with Crippen molar-refractivity contribution >= 4 is 12.0 Å². The van der Waals surface area contributed by atoms with E-state index in [0.717, 1.165) is 30.6 Å². The van der Waals surface area contributed by atoms with Crippen LogP contribution in [-0.2, 0) is 11.3 Å². The van der Waals surface area contributed by atoms with Crippen LogP contribution in [0.2, 0.25) is 0 Å². The molecule has 3 heteroatoms. The van der Waals surface area contributed by atoms with Crippen LogP contribution in [0.1, 0.15) is 24.5 Å². The lowest BCUT2D eigenvalue weighted by Gasteiger charge is -2.16. The predicted molar refractivity (Wildman–Crippen MR) is 69.7 cm³/mol. The molecule has 0 atom stereocenters. The summed E-state index contributed by atoms with van der Waals surface area (Å²) in [5, 5.41) is 8.63. The third-order valence-electron chi connectivity index (χ3n) is 2.51. The molecule has 17 heavy (non-hydrogen) atoms. The monoisotopic (exact) mass is 233 g/mol. The van der Waals surface area contributed by atoms with Crippen molar-refractivity contribution in [3.63, 3.8) is 0 Å². The van der Waals surface area contributed by atoms with E-state index in [1.807, 2.05) is 24.3 Å². The van der Waals surface area contributed by atoms with Crippen LogP contribution in [0.5, 0.6) is 0 Å². The molecule has 0 aliphatic carbocycles. The Morgan fingerprint density at radius 2 is 2.12 bits per heavy atom. The first-order chi connectivity index (χ1) is 8.13. The summed E-state index contributed by atoms with van der Waals surface area (Å²) < 4.78 is 0. The quantitative estimate of drug-likeness (QED) is 0.768. The number of benzene rings is 1. The molecule has 0 aliphatic heterocycles. The zero-order valence-corrected chi connectivity index (χ0v) is 10.4. The van der Waals surface area contributed by atoms with E-state index >= 15 is 0 Å². The molecule has 0 aliphatic rings. The van der Waals surface area contributed by atoms with Crippen molar-refractivity contribution in [3.05, 3.63) is 41.5 Å². The van der Waals surface area contributed by atoms with E-state index in [9.17, 15) is 4.79 Å². The Balaban J connectivity index is 2.80. The van der Waals surface area contributed by atoms with E-state index < -0.39 is 5.97 Å². The summed E-state index contributed by atoms with van der Waals surface area (Å²) in [6.45, 7) is 4.03. The molecule has 1 N–H and O–H groups in total. The van der Waals surface area contributed by atoms with Crippen molar-refractivity contribution in [2.24, 2.45) is 0 Å². The van der Waals surface area contributed by atoms with Crippen LogP contribution >= 0.6 is 0 Å². The maximum absolute atomic E-state index is 10.5. The van der Waals surface area contributed by atoms with Gasteiger partial charge in [-0.1, -0.05) is 31.2 Å². The van der Waals surface area contributed by atoms with Crippen molar-refractivity contribution in [3.8, 4) is 0 Å². The number of hydrogen-bond acceptors (Lipinski definition) is 2. The fraction of sp³-hybridized carbons (Fsp3) is 0.357. The van der Waals surface area contributed by atoms with Gasteiger partial charge in [0.2, 0.25) is 0 Å². The average molecular weight is 233 g/mol. The maximum atomic E-state index is 10.5. The standard InChI is InChI=1S/C14H19NO2/c1-3-10-15(2)11-13-7-5-4-6-12(13)8-9-14(16)17/h4-9H,3,10-11H2,1-2H3,(H,16,17)/b9-8+. The first-order valence-corrected chi connectivity index (χ1v) is 5.81. The third-order valence-corrected chi connectivity index (χ3v) is 2.51. The number of aliphatic carboxylic acids is 1. The van der Waals surface area contributed by atoms with Gasteiger partial charge in [-0.05, 0) is 37.2 Å². The molecule has 1 rings (SSSR count). The molecule has 0 unspecified atom stereocenters. The van der Waals surface area contributed by atoms with Crippen LogP contribution in [0.4, 0.5) is 0 Å². The molecule has 0 bridgehead atoms. The maximum Gasteiger partial charge on any atom is 0.328 e. The number of carboxylic acids is 1. The van der Waals surface area contributed by atoms with E-state index in [1.165, 1.54) is 6.08 Å². The molecule has 0 spiro atoms. The fourth-order valence-corrected chi connectivity index (χ4v) is 1.75. The largest absolute Gasteiger partial charge is 0.478 e. The van der Waals surface area contributed by atoms with Gasteiger partial charge in [0.25, 0.3) is 0 Å². The molecule has 0 radical (unpaired) electrons. The van der Waals surface area contributed by atoms with Gasteiger partial charge in [0, 0.05) is 12.6 Å². The molecule has 0 fully saturated rings. The average Bonchev–Trinajstić information content (AvgIpc) is 2.28. The van der Waals surface area contributed by atoms with Crippen molar-refractivity contribution in [1.82, 2.24) is 4.90 Å². The Kier molecular flexibility index (Phi) is 5.43. The molecule has 92 valence electrons. The van der Waals surface area contributed by atoms with Crippen molar-refractivity contribution in [2.45, 2.75) is 19.9 Å². The van der Waals surface area contributed by atoms with Gasteiger partial charge < -0.3 is 10.0 Å². The van der Waals surface area contributed by atoms with Gasteiger partial charge in [0.05, 0.1) is 0 Å². The van der Waals surface area contributed by atoms with E-state index in [0.29, 0.717) is 0 Å². The first kappa shape index (κ1) is 13.5. The zero-order chi connectivity index (χ0) is 12.7. The number of carbonyl (C=O) groups is 1. The lowest BCUT2D eigenvalue weighted by Crippen LogP contribution is -2.18. The smallest absolute Gasteiger partial charge is 0.328 e. The van der Waals surface area contributed by atoms with E-state index in [1.54, 1.807) is 6.08 Å². The highest BCUT2D eigenvalue weighted by Crippen LogP contribution is 2.13. The second-order valence-corrected chi connectivity index (χ2v) is 4.11. The highest BCUT2D eigenvalue weighted by Gasteiger charge is 2.02. The predicted octanol–water partition coefficient (Wildman–Crippen LogP) is 2.63. The summed E-state index contributed by atoms with van der Waals surface area (Å²) in [5.41, 5.74) is 2.12. The van der Waals surface area contributed by atoms with E-state index in [-0.39, 0.29) is 0 Å². The fourth-order valence-electron chi connectivity index (χ4n) is 1.75. The van der Waals surface area contributed by atoms with Crippen LogP contribution in [-0.4, -0.2) is 29.6 Å². The second-order valence-electron chi connectivity index (χ2n) is 4.11. The Labute approximate surface area is 102 Å². The Morgan fingerprint density at radius 3 is 2.76 bits per heavy atom. The molecule has 3 nitrogen and oxygen atoms in total. The summed E-state index contributed by atoms with van der Waals surface area (Å²) in [6.07, 6.45) is 3.94. The van der Waals surface area contributed by atoms with Crippen molar-refractivity contribution in [1.29, 1.82) is 0 Å². The normalized spacial score (nSPS) is 11.2. The lowest BCUT2D eigenvalue weighted by atomic mass is 10.1. The van der Waals surface area contributed by atoms with Crippen molar-refractivity contribution < 1.29 is 9.90 Å². The minimum absolute atomic E-state index is 0.841. The minimum atomic E-state index is -0.915. The summed E-state index contributed by atoms with van der Waals surface area (Å²) >= 11 is 0. The number of rotatable bonds is 6. The second kappa shape index (κ2) is 6.86. The lowest BCUT2D eigenvalue weighted by molar-refractivity contribution is -0.131. The summed E-state index contributed by atoms with van der Waals surface area (Å²) in [6, 6.07) is 7.88. The number of nitrogens with zero attached hydrogens (tertiary/aromatic N) is 1.